The molecule has 1 unspecified atom stereocenters. The smallest absolute Gasteiger partial charge is 0.158 e. The van der Waals surface area contributed by atoms with Crippen LogP contribution in [0.1, 0.15) is 60.2 Å². The summed E-state index contributed by atoms with van der Waals surface area (Å²) in [6.07, 6.45) is 8.73. The van der Waals surface area contributed by atoms with E-state index in [0.717, 1.165) is 27.3 Å². The van der Waals surface area contributed by atoms with Crippen LogP contribution in [0, 0.1) is 6.92 Å². The fraction of sp³-hybridized carbons (Fsp3) is 0.308. The van der Waals surface area contributed by atoms with Gasteiger partial charge in [-0.05, 0) is 52.8 Å². The van der Waals surface area contributed by atoms with Gasteiger partial charge in [-0.25, -0.2) is 0 Å². The predicted octanol–water partition coefficient (Wildman–Crippen LogP) is 5.42. The van der Waals surface area contributed by atoms with Crippen LogP contribution >= 0.6 is 11.8 Å². The molecule has 5 heteroatoms. The second kappa shape index (κ2) is 9.15. The maximum atomic E-state index is 5.81. The Kier molecular flexibility index (Phi) is 6.75. The van der Waals surface area contributed by atoms with Crippen molar-refractivity contribution in [1.82, 2.24) is 4.98 Å². The van der Waals surface area contributed by atoms with Crippen LogP contribution in [0.25, 0.3) is 5.57 Å². The number of aliphatic imine (C=N–C) groups is 1. The molecular formula is C26H32N4S. The summed E-state index contributed by atoms with van der Waals surface area (Å²) < 4.78 is 0. The molecule has 0 saturated carbocycles. The first-order chi connectivity index (χ1) is 14.7. The van der Waals surface area contributed by atoms with Crippen LogP contribution in [-0.4, -0.2) is 17.2 Å². The minimum Gasteiger partial charge on any atom is -0.404 e. The first-order valence-corrected chi connectivity index (χ1v) is 11.3. The molecule has 0 bridgehead atoms. The van der Waals surface area contributed by atoms with Crippen molar-refractivity contribution in [3.05, 3.63) is 93.8 Å². The molecule has 1 aliphatic rings. The number of pyridine rings is 1. The van der Waals surface area contributed by atoms with E-state index >= 15 is 0 Å². The maximum Gasteiger partial charge on any atom is 0.158 e. The molecule has 0 spiro atoms. The van der Waals surface area contributed by atoms with Gasteiger partial charge in [-0.1, -0.05) is 63.4 Å². The van der Waals surface area contributed by atoms with Crippen molar-refractivity contribution in [2.24, 2.45) is 16.5 Å². The molecule has 0 fully saturated rings. The molecule has 1 aromatic heterocycles. The average molecular weight is 433 g/mol. The molecule has 4 nitrogen and oxygen atoms in total. The van der Waals surface area contributed by atoms with Gasteiger partial charge in [0.15, 0.2) is 5.17 Å². The van der Waals surface area contributed by atoms with Crippen molar-refractivity contribution in [3.8, 4) is 0 Å². The lowest BCUT2D eigenvalue weighted by molar-refractivity contribution is 0.631. The number of allylic oxidation sites excluding steroid dienone is 3. The molecule has 0 radical (unpaired) electrons. The average Bonchev–Trinajstić information content (AvgIpc) is 2.75. The third-order valence-corrected chi connectivity index (χ3v) is 6.80. The summed E-state index contributed by atoms with van der Waals surface area (Å²) >= 11 is 1.37. The van der Waals surface area contributed by atoms with E-state index in [1.54, 1.807) is 13.2 Å². The zero-order valence-corrected chi connectivity index (χ0v) is 19.9. The van der Waals surface area contributed by atoms with E-state index in [1.165, 1.54) is 28.5 Å². The highest BCUT2D eigenvalue weighted by atomic mass is 32.2. The third kappa shape index (κ3) is 4.93. The number of hydrogen-bond acceptors (Lipinski definition) is 4. The van der Waals surface area contributed by atoms with E-state index < -0.39 is 0 Å². The Morgan fingerprint density at radius 1 is 1.32 bits per heavy atom. The lowest BCUT2D eigenvalue weighted by atomic mass is 9.72. The van der Waals surface area contributed by atoms with Gasteiger partial charge in [-0.2, -0.15) is 0 Å². The van der Waals surface area contributed by atoms with Crippen molar-refractivity contribution in [2.45, 2.75) is 45.4 Å². The fourth-order valence-corrected chi connectivity index (χ4v) is 4.59. The van der Waals surface area contributed by atoms with E-state index in [9.17, 15) is 0 Å². The molecule has 1 aromatic carbocycles. The second-order valence-corrected chi connectivity index (χ2v) is 9.77. The van der Waals surface area contributed by atoms with Crippen molar-refractivity contribution in [1.29, 1.82) is 0 Å². The van der Waals surface area contributed by atoms with Gasteiger partial charge in [-0.15, -0.1) is 0 Å². The Labute approximate surface area is 190 Å². The van der Waals surface area contributed by atoms with Crippen molar-refractivity contribution < 1.29 is 0 Å². The van der Waals surface area contributed by atoms with Gasteiger partial charge in [0.25, 0.3) is 0 Å². The number of amidine groups is 1. The molecule has 1 atom stereocenters. The molecular weight excluding hydrogens is 400 g/mol. The van der Waals surface area contributed by atoms with Gasteiger partial charge in [0.1, 0.15) is 0 Å². The molecule has 1 heterocycles. The summed E-state index contributed by atoms with van der Waals surface area (Å²) in [4.78, 5) is 9.60. The Bertz CT molecular complexity index is 1080. The monoisotopic (exact) mass is 432 g/mol. The minimum absolute atomic E-state index is 0.00806. The van der Waals surface area contributed by atoms with Crippen LogP contribution < -0.4 is 11.5 Å². The number of hydrogen-bond donors (Lipinski definition) is 2. The SMILES string of the molecule is C=C(c1ccc(C/C(=C\N)SC(N)=NC)cn1)c1cc2c(cc1C)C(C)C=CC2(C)C. The molecule has 4 N–H and O–H groups in total. The summed E-state index contributed by atoms with van der Waals surface area (Å²) in [7, 11) is 1.67. The third-order valence-electron chi connectivity index (χ3n) is 5.86. The van der Waals surface area contributed by atoms with E-state index in [4.69, 9.17) is 16.5 Å². The number of nitrogens with zero attached hydrogens (tertiary/aromatic N) is 2. The summed E-state index contributed by atoms with van der Waals surface area (Å²) in [5, 5.41) is 0.490. The molecule has 0 aliphatic heterocycles. The van der Waals surface area contributed by atoms with Crippen molar-refractivity contribution >= 4 is 22.5 Å². The van der Waals surface area contributed by atoms with Gasteiger partial charge in [0, 0.05) is 41.8 Å². The molecule has 1 aliphatic carbocycles. The van der Waals surface area contributed by atoms with Crippen LogP contribution in [-0.2, 0) is 11.8 Å². The Morgan fingerprint density at radius 2 is 2.06 bits per heavy atom. The van der Waals surface area contributed by atoms with Crippen LogP contribution in [0.2, 0.25) is 0 Å². The quantitative estimate of drug-likeness (QED) is 0.375. The van der Waals surface area contributed by atoms with Crippen LogP contribution in [0.5, 0.6) is 0 Å². The highest BCUT2D eigenvalue weighted by Gasteiger charge is 2.28. The Hall–Kier alpha value is -2.79. The molecule has 0 saturated heterocycles. The summed E-state index contributed by atoms with van der Waals surface area (Å²) in [5.41, 5.74) is 19.6. The van der Waals surface area contributed by atoms with Gasteiger partial charge < -0.3 is 11.5 Å². The summed E-state index contributed by atoms with van der Waals surface area (Å²) in [5.74, 6) is 0.427. The fourth-order valence-electron chi connectivity index (χ4n) is 3.92. The zero-order chi connectivity index (χ0) is 22.8. The number of aromatic nitrogens is 1. The van der Waals surface area contributed by atoms with Gasteiger partial charge in [-0.3, -0.25) is 9.98 Å². The van der Waals surface area contributed by atoms with E-state index in [0.29, 0.717) is 17.5 Å². The number of rotatable bonds is 5. The number of thioether (sulfide) groups is 1. The van der Waals surface area contributed by atoms with Gasteiger partial charge in [0.05, 0.1) is 5.69 Å². The zero-order valence-electron chi connectivity index (χ0n) is 19.1. The lowest BCUT2D eigenvalue weighted by Crippen LogP contribution is -2.21. The topological polar surface area (TPSA) is 77.3 Å². The highest BCUT2D eigenvalue weighted by Crippen LogP contribution is 2.40. The van der Waals surface area contributed by atoms with Crippen molar-refractivity contribution in [3.63, 3.8) is 0 Å². The van der Waals surface area contributed by atoms with Gasteiger partial charge >= 0.3 is 0 Å². The standard InChI is InChI=1S/C26H32N4S/c1-16-9-10-26(4,5)23-13-21(17(2)11-22(16)23)18(3)24-8-7-19(15-30-24)12-20(14-27)31-25(28)29-6/h7-11,13-16H,3,12,27H2,1-2,4-6H3,(H2,28,29)/b20-14+. The minimum atomic E-state index is 0.00806. The molecule has 162 valence electrons. The molecule has 31 heavy (non-hydrogen) atoms. The molecule has 2 aromatic rings. The summed E-state index contributed by atoms with van der Waals surface area (Å²) in [6.45, 7) is 13.3. The van der Waals surface area contributed by atoms with Crippen LogP contribution in [0.3, 0.4) is 0 Å². The van der Waals surface area contributed by atoms with Crippen molar-refractivity contribution in [2.75, 3.05) is 7.05 Å². The van der Waals surface area contributed by atoms with E-state index in [-0.39, 0.29) is 5.41 Å². The number of benzene rings is 1. The normalized spacial score (nSPS) is 18.0. The molecule has 0 amide bonds. The Balaban J connectivity index is 1.86. The Morgan fingerprint density at radius 3 is 2.68 bits per heavy atom. The highest BCUT2D eigenvalue weighted by molar-refractivity contribution is 8.17. The van der Waals surface area contributed by atoms with Crippen LogP contribution in [0.15, 0.2) is 65.3 Å². The predicted molar refractivity (Wildman–Crippen MR) is 135 cm³/mol. The lowest BCUT2D eigenvalue weighted by Gasteiger charge is -2.32. The first kappa shape index (κ1) is 22.9. The largest absolute Gasteiger partial charge is 0.404 e. The maximum absolute atomic E-state index is 5.81. The van der Waals surface area contributed by atoms with E-state index in [1.807, 2.05) is 12.3 Å². The number of nitrogens with two attached hydrogens (primary N) is 2. The first-order valence-electron chi connectivity index (χ1n) is 10.5. The number of aryl methyl sites for hydroxylation is 1. The summed E-state index contributed by atoms with van der Waals surface area (Å²) in [6, 6.07) is 8.72. The number of fused-ring (bicyclic) bond motifs is 1. The van der Waals surface area contributed by atoms with E-state index in [2.05, 4.69) is 69.6 Å². The van der Waals surface area contributed by atoms with Gasteiger partial charge in [0.2, 0.25) is 0 Å². The van der Waals surface area contributed by atoms with Crippen LogP contribution in [0.4, 0.5) is 0 Å². The molecule has 3 rings (SSSR count). The second-order valence-electron chi connectivity index (χ2n) is 8.63.